The molecule has 0 unspecified atom stereocenters. The topological polar surface area (TPSA) is 89.5 Å². The molecular weight excluding hydrogens is 497 g/mol. The van der Waals surface area contributed by atoms with E-state index >= 15 is 0 Å². The summed E-state index contributed by atoms with van der Waals surface area (Å²) in [5, 5.41) is 6.59. The Morgan fingerprint density at radius 3 is 2.19 bits per heavy atom. The maximum atomic E-state index is 12.6. The molecule has 0 fully saturated rings. The van der Waals surface area contributed by atoms with Crippen molar-refractivity contribution in [2.75, 3.05) is 19.5 Å². The second kappa shape index (κ2) is 10.8. The number of urea groups is 1. The molecule has 0 bridgehead atoms. The zero-order chi connectivity index (χ0) is 23.3. The number of imide groups is 1. The Morgan fingerprint density at radius 1 is 0.938 bits per heavy atom. The van der Waals surface area contributed by atoms with E-state index in [1.54, 1.807) is 42.5 Å². The molecule has 0 aliphatic rings. The monoisotopic (exact) mass is 511 g/mol. The molecule has 0 saturated carbocycles. The van der Waals surface area contributed by atoms with E-state index in [0.717, 1.165) is 0 Å². The normalized spacial score (nSPS) is 10.4. The Morgan fingerprint density at radius 2 is 1.59 bits per heavy atom. The third kappa shape index (κ3) is 5.77. The number of nitrogens with one attached hydrogen (secondary N) is 2. The predicted octanol–water partition coefficient (Wildman–Crippen LogP) is 6.17. The van der Waals surface area contributed by atoms with Crippen LogP contribution < -0.4 is 20.1 Å². The summed E-state index contributed by atoms with van der Waals surface area (Å²) >= 11 is 19.4. The second-order valence-electron chi connectivity index (χ2n) is 6.13. The second-order valence-corrected chi connectivity index (χ2v) is 8.41. The lowest BCUT2D eigenvalue weighted by molar-refractivity contribution is 0.0961. The van der Waals surface area contributed by atoms with E-state index in [1.807, 2.05) is 0 Å². The fourth-order valence-electron chi connectivity index (χ4n) is 2.61. The summed E-state index contributed by atoms with van der Waals surface area (Å²) in [6.45, 7) is 0. The number of carbonyl (C=O) groups is 2. The molecule has 0 atom stereocenters. The first-order chi connectivity index (χ1) is 15.3. The van der Waals surface area contributed by atoms with Crippen LogP contribution in [0, 0.1) is 0 Å². The molecule has 2 aromatic carbocycles. The molecule has 7 nitrogen and oxygen atoms in total. The molecule has 166 valence electrons. The van der Waals surface area contributed by atoms with Gasteiger partial charge in [0.15, 0.2) is 0 Å². The van der Waals surface area contributed by atoms with Crippen LogP contribution in [0.25, 0.3) is 0 Å². The van der Waals surface area contributed by atoms with Crippen LogP contribution in [-0.2, 0) is 0 Å². The first-order valence-corrected chi connectivity index (χ1v) is 10.9. The minimum atomic E-state index is -0.738. The van der Waals surface area contributed by atoms with Crippen molar-refractivity contribution in [3.63, 3.8) is 0 Å². The first kappa shape index (κ1) is 24.0. The van der Waals surface area contributed by atoms with Gasteiger partial charge in [-0.15, -0.1) is 0 Å². The average molecular weight is 513 g/mol. The summed E-state index contributed by atoms with van der Waals surface area (Å²) in [4.78, 5) is 29.8. The first-order valence-electron chi connectivity index (χ1n) is 8.94. The minimum absolute atomic E-state index is 0.107. The number of anilines is 1. The maximum Gasteiger partial charge on any atom is 0.326 e. The van der Waals surface area contributed by atoms with E-state index in [4.69, 9.17) is 44.3 Å². The number of rotatable bonds is 6. The Labute approximate surface area is 203 Å². The highest BCUT2D eigenvalue weighted by atomic mass is 35.5. The van der Waals surface area contributed by atoms with Gasteiger partial charge < -0.3 is 14.8 Å². The van der Waals surface area contributed by atoms with E-state index in [9.17, 15) is 9.59 Å². The van der Waals surface area contributed by atoms with Crippen molar-refractivity contribution in [2.24, 2.45) is 0 Å². The smallest absolute Gasteiger partial charge is 0.326 e. The average Bonchev–Trinajstić information content (AvgIpc) is 2.77. The van der Waals surface area contributed by atoms with Gasteiger partial charge in [0.2, 0.25) is 0 Å². The highest BCUT2D eigenvalue weighted by molar-refractivity contribution is 7.99. The summed E-state index contributed by atoms with van der Waals surface area (Å²) in [7, 11) is 2.84. The Kier molecular flexibility index (Phi) is 8.09. The quantitative estimate of drug-likeness (QED) is 0.384. The maximum absolute atomic E-state index is 12.6. The predicted molar refractivity (Wildman–Crippen MR) is 126 cm³/mol. The third-order valence-corrected chi connectivity index (χ3v) is 6.22. The lowest BCUT2D eigenvalue weighted by atomic mass is 10.1. The summed E-state index contributed by atoms with van der Waals surface area (Å²) in [6, 6.07) is 10.6. The fraction of sp³-hybridized carbons (Fsp3) is 0.0952. The number of ether oxygens (including phenoxy) is 2. The Balaban J connectivity index is 1.65. The van der Waals surface area contributed by atoms with E-state index in [-0.39, 0.29) is 17.1 Å². The molecule has 11 heteroatoms. The molecule has 0 radical (unpaired) electrons. The van der Waals surface area contributed by atoms with Crippen molar-refractivity contribution >= 4 is 64.2 Å². The molecular formula is C21H16Cl3N3O4S. The van der Waals surface area contributed by atoms with Crippen molar-refractivity contribution in [1.82, 2.24) is 10.3 Å². The van der Waals surface area contributed by atoms with E-state index in [1.165, 1.54) is 32.2 Å². The number of benzene rings is 2. The van der Waals surface area contributed by atoms with Gasteiger partial charge in [-0.25, -0.2) is 9.78 Å². The van der Waals surface area contributed by atoms with Gasteiger partial charge in [0.1, 0.15) is 22.1 Å². The van der Waals surface area contributed by atoms with Crippen LogP contribution >= 0.6 is 46.6 Å². The number of pyridine rings is 1. The molecule has 3 rings (SSSR count). The fourth-order valence-corrected chi connectivity index (χ4v) is 4.14. The molecule has 0 spiro atoms. The minimum Gasteiger partial charge on any atom is -0.496 e. The molecule has 0 saturated heterocycles. The standard InChI is InChI=1S/C21H16Cl3N3O4S/c1-30-15-4-3-5-16(31-2)19(15)20(28)27-21(29)26-11-6-7-18(25-10-11)32-17-9-13(23)12(22)8-14(17)24/h3-10H,1-2H3,(H2,26,27,28,29). The lowest BCUT2D eigenvalue weighted by Gasteiger charge is -2.13. The SMILES string of the molecule is COc1cccc(OC)c1C(=O)NC(=O)Nc1ccc(Sc2cc(Cl)c(Cl)cc2Cl)nc1. The van der Waals surface area contributed by atoms with E-state index in [2.05, 4.69) is 15.6 Å². The highest BCUT2D eigenvalue weighted by Gasteiger charge is 2.20. The zero-order valence-electron chi connectivity index (χ0n) is 16.7. The van der Waals surface area contributed by atoms with Crippen molar-refractivity contribution in [2.45, 2.75) is 9.92 Å². The molecule has 1 aromatic heterocycles. The zero-order valence-corrected chi connectivity index (χ0v) is 19.8. The number of methoxy groups -OCH3 is 2. The summed E-state index contributed by atoms with van der Waals surface area (Å²) in [6.07, 6.45) is 1.45. The van der Waals surface area contributed by atoms with Crippen LogP contribution in [0.4, 0.5) is 10.5 Å². The summed E-state index contributed by atoms with van der Waals surface area (Å²) < 4.78 is 10.4. The number of halogens is 3. The van der Waals surface area contributed by atoms with Gasteiger partial charge in [-0.2, -0.15) is 0 Å². The van der Waals surface area contributed by atoms with Gasteiger partial charge in [-0.3, -0.25) is 10.1 Å². The van der Waals surface area contributed by atoms with Gasteiger partial charge in [0, 0.05) is 4.90 Å². The van der Waals surface area contributed by atoms with Crippen LogP contribution in [-0.4, -0.2) is 31.1 Å². The van der Waals surface area contributed by atoms with Crippen molar-refractivity contribution < 1.29 is 19.1 Å². The van der Waals surface area contributed by atoms with Gasteiger partial charge in [0.25, 0.3) is 5.91 Å². The Hall–Kier alpha value is -2.65. The van der Waals surface area contributed by atoms with Crippen LogP contribution in [0.1, 0.15) is 10.4 Å². The molecule has 0 aliphatic heterocycles. The number of carbonyl (C=O) groups excluding carboxylic acids is 2. The van der Waals surface area contributed by atoms with Crippen LogP contribution in [0.15, 0.2) is 58.6 Å². The number of hydrogen-bond acceptors (Lipinski definition) is 6. The van der Waals surface area contributed by atoms with Gasteiger partial charge in [-0.1, -0.05) is 52.6 Å². The molecule has 0 aliphatic carbocycles. The van der Waals surface area contributed by atoms with E-state index < -0.39 is 11.9 Å². The Bertz CT molecular complexity index is 1140. The number of amides is 3. The third-order valence-electron chi connectivity index (χ3n) is 4.07. The lowest BCUT2D eigenvalue weighted by Crippen LogP contribution is -2.34. The number of nitrogens with zero attached hydrogens (tertiary/aromatic N) is 1. The highest BCUT2D eigenvalue weighted by Crippen LogP contribution is 2.37. The summed E-state index contributed by atoms with van der Waals surface area (Å²) in [5.41, 5.74) is 0.489. The largest absolute Gasteiger partial charge is 0.496 e. The van der Waals surface area contributed by atoms with Crippen molar-refractivity contribution in [3.8, 4) is 11.5 Å². The summed E-state index contributed by atoms with van der Waals surface area (Å²) in [5.74, 6) is -0.122. The van der Waals surface area contributed by atoms with Crippen molar-refractivity contribution in [1.29, 1.82) is 0 Å². The molecule has 32 heavy (non-hydrogen) atoms. The molecule has 3 amide bonds. The van der Waals surface area contributed by atoms with Gasteiger partial charge in [-0.05, 0) is 36.4 Å². The van der Waals surface area contributed by atoms with Crippen LogP contribution in [0.2, 0.25) is 15.1 Å². The number of hydrogen-bond donors (Lipinski definition) is 2. The molecule has 2 N–H and O–H groups in total. The van der Waals surface area contributed by atoms with Gasteiger partial charge in [0.05, 0.1) is 41.2 Å². The van der Waals surface area contributed by atoms with Crippen LogP contribution in [0.3, 0.4) is 0 Å². The van der Waals surface area contributed by atoms with Crippen LogP contribution in [0.5, 0.6) is 11.5 Å². The number of aromatic nitrogens is 1. The van der Waals surface area contributed by atoms with Crippen molar-refractivity contribution in [3.05, 3.63) is 69.3 Å². The van der Waals surface area contributed by atoms with Gasteiger partial charge >= 0.3 is 6.03 Å². The van der Waals surface area contributed by atoms with E-state index in [0.29, 0.717) is 30.7 Å². The molecule has 3 aromatic rings. The molecule has 1 heterocycles.